The highest BCUT2D eigenvalue weighted by Gasteiger charge is 2.21. The zero-order valence-electron chi connectivity index (χ0n) is 19.6. The summed E-state index contributed by atoms with van der Waals surface area (Å²) in [5, 5.41) is 9.95. The first-order valence-electron chi connectivity index (χ1n) is 11.1. The molecular weight excluding hydrogens is 500 g/mol. The second-order valence-electron chi connectivity index (χ2n) is 7.46. The topological polar surface area (TPSA) is 150 Å². The van der Waals surface area contributed by atoms with Crippen LogP contribution in [0.25, 0.3) is 11.5 Å². The number of nitrogens with zero attached hydrogens (tertiary/aromatic N) is 2. The summed E-state index contributed by atoms with van der Waals surface area (Å²) in [7, 11) is -4.01. The summed E-state index contributed by atoms with van der Waals surface area (Å²) in [6, 6.07) is 20.5. The molecule has 0 aliphatic heterocycles. The molecule has 37 heavy (non-hydrogen) atoms. The number of anilines is 2. The van der Waals surface area contributed by atoms with Gasteiger partial charge in [-0.1, -0.05) is 35.4 Å². The molecule has 2 N–H and O–H groups in total. The van der Waals surface area contributed by atoms with Gasteiger partial charge in [0, 0.05) is 5.56 Å². The number of rotatable bonds is 10. The molecule has 12 heteroatoms. The first kappa shape index (κ1) is 25.4. The van der Waals surface area contributed by atoms with Crippen LogP contribution in [0.5, 0.6) is 5.75 Å². The third-order valence-corrected chi connectivity index (χ3v) is 6.24. The minimum absolute atomic E-state index is 0.00815. The third-order valence-electron chi connectivity index (χ3n) is 4.86. The second-order valence-corrected chi connectivity index (χ2v) is 9.14. The molecule has 0 spiro atoms. The van der Waals surface area contributed by atoms with Crippen molar-refractivity contribution in [1.82, 2.24) is 10.2 Å². The zero-order chi connectivity index (χ0) is 26.3. The smallest absolute Gasteiger partial charge is 0.340 e. The van der Waals surface area contributed by atoms with E-state index in [2.05, 4.69) is 20.2 Å². The number of para-hydroxylation sites is 1. The standard InChI is InChI=1S/C25H22N4O7S/c1-2-34-18-12-14-19(15-13-18)37(32,33)29-21-11-7-6-10-20(21)24(31)35-16-22(30)26-25-28-27-23(36-25)17-8-4-3-5-9-17/h3-15,29H,2,16H2,1H3,(H,26,28,30). The average Bonchev–Trinajstić information content (AvgIpc) is 3.37. The quantitative estimate of drug-likeness (QED) is 0.297. The summed E-state index contributed by atoms with van der Waals surface area (Å²) in [4.78, 5) is 24.9. The molecule has 0 aliphatic rings. The first-order valence-corrected chi connectivity index (χ1v) is 12.5. The molecule has 0 unspecified atom stereocenters. The monoisotopic (exact) mass is 522 g/mol. The van der Waals surface area contributed by atoms with E-state index in [1.54, 1.807) is 30.3 Å². The van der Waals surface area contributed by atoms with Crippen LogP contribution in [0.2, 0.25) is 0 Å². The van der Waals surface area contributed by atoms with E-state index < -0.39 is 28.5 Å². The molecule has 4 aromatic rings. The predicted octanol–water partition coefficient (Wildman–Crippen LogP) is 3.73. The van der Waals surface area contributed by atoms with Crippen molar-refractivity contribution in [3.63, 3.8) is 0 Å². The molecule has 0 bridgehead atoms. The second kappa shape index (κ2) is 11.4. The number of carbonyl (C=O) groups is 2. The van der Waals surface area contributed by atoms with Crippen molar-refractivity contribution in [1.29, 1.82) is 0 Å². The molecular formula is C25H22N4O7S. The largest absolute Gasteiger partial charge is 0.494 e. The van der Waals surface area contributed by atoms with Gasteiger partial charge in [0.2, 0.25) is 5.89 Å². The van der Waals surface area contributed by atoms with Crippen LogP contribution in [-0.2, 0) is 19.6 Å². The van der Waals surface area contributed by atoms with E-state index in [0.717, 1.165) is 0 Å². The molecule has 0 fully saturated rings. The molecule has 0 radical (unpaired) electrons. The zero-order valence-corrected chi connectivity index (χ0v) is 20.4. The van der Waals surface area contributed by atoms with Gasteiger partial charge in [0.05, 0.1) is 22.8 Å². The lowest BCUT2D eigenvalue weighted by Crippen LogP contribution is -2.22. The molecule has 0 atom stereocenters. The van der Waals surface area contributed by atoms with Gasteiger partial charge in [-0.15, -0.1) is 5.10 Å². The van der Waals surface area contributed by atoms with Gasteiger partial charge >= 0.3 is 12.0 Å². The van der Waals surface area contributed by atoms with E-state index in [1.165, 1.54) is 42.5 Å². The van der Waals surface area contributed by atoms with Crippen LogP contribution in [0.4, 0.5) is 11.7 Å². The molecule has 0 aliphatic carbocycles. The molecule has 0 saturated heterocycles. The number of carbonyl (C=O) groups excluding carboxylic acids is 2. The van der Waals surface area contributed by atoms with Gasteiger partial charge in [-0.2, -0.15) is 0 Å². The Kier molecular flexibility index (Phi) is 7.79. The third kappa shape index (κ3) is 6.49. The van der Waals surface area contributed by atoms with Gasteiger partial charge in [0.15, 0.2) is 6.61 Å². The number of sulfonamides is 1. The van der Waals surface area contributed by atoms with Crippen LogP contribution in [0, 0.1) is 0 Å². The van der Waals surface area contributed by atoms with Crippen LogP contribution in [0.1, 0.15) is 17.3 Å². The normalized spacial score (nSPS) is 10.9. The SMILES string of the molecule is CCOc1ccc(S(=O)(=O)Nc2ccccc2C(=O)OCC(=O)Nc2nnc(-c3ccccc3)o2)cc1. The van der Waals surface area contributed by atoms with Gasteiger partial charge in [0.1, 0.15) is 5.75 Å². The predicted molar refractivity (Wildman–Crippen MR) is 134 cm³/mol. The maximum Gasteiger partial charge on any atom is 0.340 e. The Hall–Kier alpha value is -4.71. The Labute approximate surface area is 212 Å². The van der Waals surface area contributed by atoms with Crippen molar-refractivity contribution in [3.8, 4) is 17.2 Å². The maximum atomic E-state index is 12.8. The van der Waals surface area contributed by atoms with Gasteiger partial charge in [0.25, 0.3) is 15.9 Å². The van der Waals surface area contributed by atoms with Crippen LogP contribution in [0.15, 0.2) is 88.2 Å². The van der Waals surface area contributed by atoms with Crippen molar-refractivity contribution in [2.75, 3.05) is 23.3 Å². The summed E-state index contributed by atoms with van der Waals surface area (Å²) in [5.74, 6) is -0.887. The Balaban J connectivity index is 1.38. The summed E-state index contributed by atoms with van der Waals surface area (Å²) in [6.07, 6.45) is 0. The van der Waals surface area contributed by atoms with Gasteiger partial charge in [-0.3, -0.25) is 14.8 Å². The van der Waals surface area contributed by atoms with E-state index in [-0.39, 0.29) is 28.1 Å². The molecule has 190 valence electrons. The molecule has 1 heterocycles. The van der Waals surface area contributed by atoms with E-state index in [0.29, 0.717) is 17.9 Å². The number of benzene rings is 3. The lowest BCUT2D eigenvalue weighted by molar-refractivity contribution is -0.119. The number of ether oxygens (including phenoxy) is 2. The Morgan fingerprint density at radius 3 is 2.35 bits per heavy atom. The average molecular weight is 523 g/mol. The highest BCUT2D eigenvalue weighted by atomic mass is 32.2. The van der Waals surface area contributed by atoms with Crippen molar-refractivity contribution in [2.45, 2.75) is 11.8 Å². The molecule has 4 rings (SSSR count). The summed E-state index contributed by atoms with van der Waals surface area (Å²) < 4.78 is 43.8. The fraction of sp³-hybridized carbons (Fsp3) is 0.120. The number of hydrogen-bond acceptors (Lipinski definition) is 9. The molecule has 3 aromatic carbocycles. The molecule has 1 aromatic heterocycles. The lowest BCUT2D eigenvalue weighted by Gasteiger charge is -2.12. The van der Waals surface area contributed by atoms with E-state index in [4.69, 9.17) is 13.9 Å². The number of aromatic nitrogens is 2. The Bertz CT molecular complexity index is 1490. The fourth-order valence-electron chi connectivity index (χ4n) is 3.17. The Morgan fingerprint density at radius 1 is 0.919 bits per heavy atom. The first-order chi connectivity index (χ1) is 17.9. The fourth-order valence-corrected chi connectivity index (χ4v) is 4.25. The number of nitrogens with one attached hydrogen (secondary N) is 2. The number of amides is 1. The van der Waals surface area contributed by atoms with Gasteiger partial charge in [-0.05, 0) is 55.5 Å². The van der Waals surface area contributed by atoms with Crippen LogP contribution in [0.3, 0.4) is 0 Å². The van der Waals surface area contributed by atoms with Crippen LogP contribution >= 0.6 is 0 Å². The van der Waals surface area contributed by atoms with Crippen LogP contribution < -0.4 is 14.8 Å². The van der Waals surface area contributed by atoms with Gasteiger partial charge in [-0.25, -0.2) is 13.2 Å². The highest BCUT2D eigenvalue weighted by Crippen LogP contribution is 2.23. The molecule has 1 amide bonds. The van der Waals surface area contributed by atoms with E-state index >= 15 is 0 Å². The summed E-state index contributed by atoms with van der Waals surface area (Å²) in [5.41, 5.74) is 0.589. The van der Waals surface area contributed by atoms with Crippen molar-refractivity contribution in [3.05, 3.63) is 84.4 Å². The van der Waals surface area contributed by atoms with E-state index in [1.807, 2.05) is 13.0 Å². The van der Waals surface area contributed by atoms with Gasteiger partial charge < -0.3 is 13.9 Å². The number of esters is 1. The maximum absolute atomic E-state index is 12.8. The highest BCUT2D eigenvalue weighted by molar-refractivity contribution is 7.92. The minimum Gasteiger partial charge on any atom is -0.494 e. The number of hydrogen-bond donors (Lipinski definition) is 2. The molecule has 0 saturated carbocycles. The van der Waals surface area contributed by atoms with Crippen molar-refractivity contribution >= 4 is 33.6 Å². The van der Waals surface area contributed by atoms with E-state index in [9.17, 15) is 18.0 Å². The minimum atomic E-state index is -4.01. The summed E-state index contributed by atoms with van der Waals surface area (Å²) >= 11 is 0. The molecule has 11 nitrogen and oxygen atoms in total. The lowest BCUT2D eigenvalue weighted by atomic mass is 10.2. The van der Waals surface area contributed by atoms with Crippen molar-refractivity contribution < 1.29 is 31.9 Å². The van der Waals surface area contributed by atoms with Crippen LogP contribution in [-0.4, -0.2) is 43.7 Å². The Morgan fingerprint density at radius 2 is 1.62 bits per heavy atom. The summed E-state index contributed by atoms with van der Waals surface area (Å²) in [6.45, 7) is 1.60. The van der Waals surface area contributed by atoms with Crippen molar-refractivity contribution in [2.24, 2.45) is 0 Å².